The molecule has 0 aliphatic carbocycles. The van der Waals surface area contributed by atoms with Crippen LogP contribution in [0.25, 0.3) is 5.76 Å². The second kappa shape index (κ2) is 11.1. The zero-order valence-electron chi connectivity index (χ0n) is 18.7. The van der Waals surface area contributed by atoms with Gasteiger partial charge in [0.15, 0.2) is 11.8 Å². The number of nitrogens with two attached hydrogens (primary N) is 1. The van der Waals surface area contributed by atoms with E-state index in [9.17, 15) is 24.8 Å². The second-order valence-corrected chi connectivity index (χ2v) is 8.34. The average molecular weight is 450 g/mol. The molecule has 2 aromatic rings. The minimum atomic E-state index is -1.82. The molecule has 0 spiro atoms. The molecule has 172 valence electrons. The highest BCUT2D eigenvalue weighted by atomic mass is 16.6. The number of benzene rings is 2. The highest BCUT2D eigenvalue weighted by Crippen LogP contribution is 2.18. The van der Waals surface area contributed by atoms with Gasteiger partial charge in [-0.1, -0.05) is 60.7 Å². The highest BCUT2D eigenvalue weighted by Gasteiger charge is 2.36. The van der Waals surface area contributed by atoms with Crippen molar-refractivity contribution in [2.75, 3.05) is 0 Å². The first-order chi connectivity index (χ1) is 15.5. The van der Waals surface area contributed by atoms with Gasteiger partial charge in [0.2, 0.25) is 5.78 Å². The van der Waals surface area contributed by atoms with Crippen LogP contribution >= 0.6 is 0 Å². The summed E-state index contributed by atoms with van der Waals surface area (Å²) in [4.78, 5) is 38.7. The molecule has 0 aliphatic rings. The van der Waals surface area contributed by atoms with Crippen molar-refractivity contribution in [3.05, 3.63) is 77.4 Å². The van der Waals surface area contributed by atoms with E-state index in [1.54, 1.807) is 69.3 Å². The Bertz CT molecular complexity index is 1070. The van der Waals surface area contributed by atoms with Crippen LogP contribution in [0.3, 0.4) is 0 Å². The summed E-state index contributed by atoms with van der Waals surface area (Å²) in [5, 5.41) is 22.3. The summed E-state index contributed by atoms with van der Waals surface area (Å²) in [7, 11) is 0. The van der Waals surface area contributed by atoms with E-state index in [0.29, 0.717) is 0 Å². The van der Waals surface area contributed by atoms with Gasteiger partial charge in [-0.3, -0.25) is 9.59 Å². The maximum Gasteiger partial charge on any atom is 0.408 e. The zero-order valence-corrected chi connectivity index (χ0v) is 18.7. The van der Waals surface area contributed by atoms with Crippen molar-refractivity contribution in [3.63, 3.8) is 0 Å². The number of alkyl carbamates (subject to hydrolysis) is 1. The quantitative estimate of drug-likeness (QED) is 0.243. The summed E-state index contributed by atoms with van der Waals surface area (Å²) in [6.45, 7) is 4.86. The van der Waals surface area contributed by atoms with Gasteiger partial charge in [0.25, 0.3) is 0 Å². The number of ether oxygens (including phenoxy) is 1. The summed E-state index contributed by atoms with van der Waals surface area (Å²) in [6.07, 6.45) is -0.923. The Morgan fingerprint density at radius 1 is 1.06 bits per heavy atom. The number of aliphatic hydroxyl groups excluding tert-OH is 1. The van der Waals surface area contributed by atoms with Crippen LogP contribution in [0.5, 0.6) is 0 Å². The number of nitrogens with one attached hydrogen (secondary N) is 1. The Hall–Kier alpha value is -3.96. The van der Waals surface area contributed by atoms with Gasteiger partial charge in [-0.15, -0.1) is 0 Å². The van der Waals surface area contributed by atoms with E-state index in [-0.39, 0.29) is 12.0 Å². The standard InChI is InChI=1S/C25H27N3O5/c1-25(2,3)33-24(32)28-20(23(31)19(27)14-16-10-6-4-7-11-16)22(30)18(15-26)21(29)17-12-8-5-9-13-17/h4-13,19-20,29H,14,27H2,1-3H3,(H,28,32)/b21-18-/t19?,20-/m1/s1. The number of carbonyl (C=O) groups excluding carboxylic acids is 3. The third-order valence-corrected chi connectivity index (χ3v) is 4.51. The van der Waals surface area contributed by atoms with E-state index in [2.05, 4.69) is 5.32 Å². The SMILES string of the molecule is CC(C)(C)OC(=O)N[C@H](C(=O)/C(C#N)=C(\O)c1ccccc1)C(=O)C(N)Cc1ccccc1. The molecule has 4 N–H and O–H groups in total. The van der Waals surface area contributed by atoms with Crippen LogP contribution in [0, 0.1) is 11.3 Å². The molecule has 8 heteroatoms. The van der Waals surface area contributed by atoms with Crippen LogP contribution in [-0.4, -0.2) is 40.5 Å². The van der Waals surface area contributed by atoms with E-state index in [1.165, 1.54) is 12.1 Å². The second-order valence-electron chi connectivity index (χ2n) is 8.34. The molecule has 1 unspecified atom stereocenters. The van der Waals surface area contributed by atoms with Crippen molar-refractivity contribution >= 4 is 23.4 Å². The van der Waals surface area contributed by atoms with Gasteiger partial charge in [0.1, 0.15) is 23.0 Å². The monoisotopic (exact) mass is 449 g/mol. The van der Waals surface area contributed by atoms with Crippen LogP contribution in [0.1, 0.15) is 31.9 Å². The molecule has 2 atom stereocenters. The van der Waals surface area contributed by atoms with E-state index in [0.717, 1.165) is 5.56 Å². The van der Waals surface area contributed by atoms with Crippen molar-refractivity contribution < 1.29 is 24.2 Å². The van der Waals surface area contributed by atoms with Gasteiger partial charge in [-0.05, 0) is 32.8 Å². The minimum Gasteiger partial charge on any atom is -0.506 e. The molecule has 1 amide bonds. The van der Waals surface area contributed by atoms with E-state index >= 15 is 0 Å². The van der Waals surface area contributed by atoms with Gasteiger partial charge in [-0.25, -0.2) is 4.79 Å². The molecule has 0 saturated carbocycles. The lowest BCUT2D eigenvalue weighted by molar-refractivity contribution is -0.129. The van der Waals surface area contributed by atoms with Crippen molar-refractivity contribution in [2.24, 2.45) is 5.73 Å². The number of ketones is 2. The van der Waals surface area contributed by atoms with Crippen LogP contribution in [0.2, 0.25) is 0 Å². The largest absolute Gasteiger partial charge is 0.506 e. The Balaban J connectivity index is 2.40. The molecule has 2 aromatic carbocycles. The fraction of sp³-hybridized carbons (Fsp3) is 0.280. The van der Waals surface area contributed by atoms with Crippen molar-refractivity contribution in [2.45, 2.75) is 44.9 Å². The number of nitriles is 1. The van der Waals surface area contributed by atoms with Crippen molar-refractivity contribution in [1.29, 1.82) is 5.26 Å². The number of hydrogen-bond donors (Lipinski definition) is 3. The van der Waals surface area contributed by atoms with Gasteiger partial charge in [0.05, 0.1) is 6.04 Å². The molecular weight excluding hydrogens is 422 g/mol. The number of carbonyl (C=O) groups is 3. The highest BCUT2D eigenvalue weighted by molar-refractivity contribution is 6.20. The number of amides is 1. The lowest BCUT2D eigenvalue weighted by atomic mass is 9.92. The lowest BCUT2D eigenvalue weighted by Gasteiger charge is -2.24. The van der Waals surface area contributed by atoms with Crippen molar-refractivity contribution in [1.82, 2.24) is 5.32 Å². The fourth-order valence-electron chi connectivity index (χ4n) is 2.98. The summed E-state index contributed by atoms with van der Waals surface area (Å²) in [6, 6.07) is 15.5. The number of nitrogens with zero attached hydrogens (tertiary/aromatic N) is 1. The Morgan fingerprint density at radius 2 is 1.61 bits per heavy atom. The Kier molecular flexibility index (Phi) is 8.49. The number of aliphatic hydroxyl groups is 1. The maximum atomic E-state index is 13.2. The molecule has 0 aliphatic heterocycles. The molecule has 8 nitrogen and oxygen atoms in total. The average Bonchev–Trinajstić information content (AvgIpc) is 2.77. The van der Waals surface area contributed by atoms with Gasteiger partial charge in [-0.2, -0.15) is 5.26 Å². The lowest BCUT2D eigenvalue weighted by Crippen LogP contribution is -2.54. The zero-order chi connectivity index (χ0) is 24.6. The van der Waals surface area contributed by atoms with Crippen LogP contribution < -0.4 is 11.1 Å². The first-order valence-electron chi connectivity index (χ1n) is 10.3. The van der Waals surface area contributed by atoms with E-state index in [4.69, 9.17) is 10.5 Å². The van der Waals surface area contributed by atoms with Crippen LogP contribution in [0.4, 0.5) is 4.79 Å². The van der Waals surface area contributed by atoms with Crippen LogP contribution in [0.15, 0.2) is 66.2 Å². The number of rotatable bonds is 8. The molecule has 33 heavy (non-hydrogen) atoms. The van der Waals surface area contributed by atoms with Crippen LogP contribution in [-0.2, 0) is 20.7 Å². The molecule has 2 rings (SSSR count). The summed E-state index contributed by atoms with van der Waals surface area (Å²) < 4.78 is 5.17. The first kappa shape index (κ1) is 25.3. The normalized spacial score (nSPS) is 13.7. The summed E-state index contributed by atoms with van der Waals surface area (Å²) in [5.74, 6) is -2.51. The molecular formula is C25H27N3O5. The molecule has 0 saturated heterocycles. The summed E-state index contributed by atoms with van der Waals surface area (Å²) in [5.41, 5.74) is 5.45. The van der Waals surface area contributed by atoms with Gasteiger partial charge in [0, 0.05) is 5.56 Å². The molecule has 0 radical (unpaired) electrons. The van der Waals surface area contributed by atoms with Gasteiger partial charge < -0.3 is 20.9 Å². The third-order valence-electron chi connectivity index (χ3n) is 4.51. The topological polar surface area (TPSA) is 143 Å². The molecule has 0 fully saturated rings. The Morgan fingerprint density at radius 3 is 2.12 bits per heavy atom. The van der Waals surface area contributed by atoms with E-state index < -0.39 is 46.7 Å². The van der Waals surface area contributed by atoms with Gasteiger partial charge >= 0.3 is 6.09 Å². The predicted octanol–water partition coefficient (Wildman–Crippen LogP) is 3.08. The predicted molar refractivity (Wildman–Crippen MR) is 123 cm³/mol. The van der Waals surface area contributed by atoms with E-state index in [1.807, 2.05) is 6.07 Å². The smallest absolute Gasteiger partial charge is 0.408 e. The minimum absolute atomic E-state index is 0.107. The number of Topliss-reactive ketones (excluding diaryl/α,β-unsaturated/α-hetero) is 2. The third kappa shape index (κ3) is 7.30. The summed E-state index contributed by atoms with van der Waals surface area (Å²) >= 11 is 0. The maximum absolute atomic E-state index is 13.2. The fourth-order valence-corrected chi connectivity index (χ4v) is 2.98. The Labute approximate surface area is 192 Å². The number of hydrogen-bond acceptors (Lipinski definition) is 7. The van der Waals surface area contributed by atoms with Crippen molar-refractivity contribution in [3.8, 4) is 6.07 Å². The molecule has 0 bridgehead atoms. The molecule has 0 aromatic heterocycles. The first-order valence-corrected chi connectivity index (χ1v) is 10.3. The molecule has 0 heterocycles.